The molecule has 6 nitrogen and oxygen atoms in total. The smallest absolute Gasteiger partial charge is 0.274 e. The van der Waals surface area contributed by atoms with Crippen LogP contribution in [0.2, 0.25) is 0 Å². The van der Waals surface area contributed by atoms with Gasteiger partial charge in [-0.1, -0.05) is 6.07 Å². The van der Waals surface area contributed by atoms with Crippen LogP contribution in [-0.4, -0.2) is 71.1 Å². The highest BCUT2D eigenvalue weighted by Gasteiger charge is 2.41. The summed E-state index contributed by atoms with van der Waals surface area (Å²) in [6.45, 7) is 2.95. The molecule has 0 N–H and O–H groups in total. The van der Waals surface area contributed by atoms with Crippen LogP contribution in [-0.2, 0) is 4.74 Å². The van der Waals surface area contributed by atoms with Crippen molar-refractivity contribution in [2.75, 3.05) is 33.3 Å². The number of fused-ring (bicyclic) bond motifs is 2. The fourth-order valence-corrected chi connectivity index (χ4v) is 3.33. The van der Waals surface area contributed by atoms with Gasteiger partial charge < -0.3 is 9.64 Å². The second kappa shape index (κ2) is 5.30. The number of rotatable bonds is 1. The van der Waals surface area contributed by atoms with E-state index in [1.807, 2.05) is 23.1 Å². The first kappa shape index (κ1) is 13.6. The van der Waals surface area contributed by atoms with Crippen molar-refractivity contribution in [1.29, 1.82) is 0 Å². The van der Waals surface area contributed by atoms with Crippen LogP contribution >= 0.6 is 0 Å². The molecule has 0 unspecified atom stereocenters. The van der Waals surface area contributed by atoms with Gasteiger partial charge in [0.2, 0.25) is 0 Å². The molecular weight excluding hydrogens is 280 g/mol. The molecule has 2 aromatic heterocycles. The van der Waals surface area contributed by atoms with Crippen LogP contribution in [0.5, 0.6) is 0 Å². The highest BCUT2D eigenvalue weighted by molar-refractivity contribution is 6.03. The zero-order valence-corrected chi connectivity index (χ0v) is 12.5. The summed E-state index contributed by atoms with van der Waals surface area (Å²) in [5, 5.41) is 0.936. The lowest BCUT2D eigenvalue weighted by molar-refractivity contribution is -0.0368. The molecule has 4 heterocycles. The number of ether oxygens (including phenoxy) is 1. The Morgan fingerprint density at radius 1 is 1.27 bits per heavy atom. The van der Waals surface area contributed by atoms with Crippen molar-refractivity contribution in [3.05, 3.63) is 36.3 Å². The van der Waals surface area contributed by atoms with E-state index < -0.39 is 0 Å². The molecule has 2 atom stereocenters. The summed E-state index contributed by atoms with van der Waals surface area (Å²) < 4.78 is 5.80. The van der Waals surface area contributed by atoms with Gasteiger partial charge in [-0.25, -0.2) is 4.98 Å². The van der Waals surface area contributed by atoms with E-state index >= 15 is 0 Å². The number of likely N-dealkylation sites (N-methyl/N-ethyl adjacent to an activating group) is 1. The predicted molar refractivity (Wildman–Crippen MR) is 81.6 cm³/mol. The molecule has 0 saturated carbocycles. The summed E-state index contributed by atoms with van der Waals surface area (Å²) >= 11 is 0. The first-order valence-corrected chi connectivity index (χ1v) is 7.55. The topological polar surface area (TPSA) is 58.6 Å². The molecule has 0 aromatic carbocycles. The second-order valence-electron chi connectivity index (χ2n) is 5.90. The lowest BCUT2D eigenvalue weighted by Crippen LogP contribution is -2.48. The molecular formula is C16H18N4O2. The minimum Gasteiger partial charge on any atom is -0.373 e. The largest absolute Gasteiger partial charge is 0.373 e. The summed E-state index contributed by atoms with van der Waals surface area (Å²) in [4.78, 5) is 25.6. The van der Waals surface area contributed by atoms with Gasteiger partial charge in [0.05, 0.1) is 18.8 Å². The molecule has 1 amide bonds. The molecule has 0 radical (unpaired) electrons. The molecule has 114 valence electrons. The summed E-state index contributed by atoms with van der Waals surface area (Å²) in [7, 11) is 2.09. The zero-order chi connectivity index (χ0) is 15.1. The van der Waals surface area contributed by atoms with Crippen molar-refractivity contribution < 1.29 is 9.53 Å². The van der Waals surface area contributed by atoms with Gasteiger partial charge in [-0.3, -0.25) is 14.7 Å². The van der Waals surface area contributed by atoms with Crippen molar-refractivity contribution >= 4 is 16.8 Å². The number of hydrogen-bond donors (Lipinski definition) is 0. The molecule has 22 heavy (non-hydrogen) atoms. The maximum atomic E-state index is 12.9. The third kappa shape index (κ3) is 2.15. The Labute approximate surface area is 128 Å². The van der Waals surface area contributed by atoms with Crippen molar-refractivity contribution in [1.82, 2.24) is 19.8 Å². The van der Waals surface area contributed by atoms with Crippen LogP contribution in [0.25, 0.3) is 10.9 Å². The minimum absolute atomic E-state index is 0.0595. The zero-order valence-electron chi connectivity index (χ0n) is 12.5. The molecule has 2 aliphatic rings. The van der Waals surface area contributed by atoms with E-state index in [9.17, 15) is 4.79 Å². The lowest BCUT2D eigenvalue weighted by atomic mass is 10.1. The van der Waals surface area contributed by atoms with Gasteiger partial charge in [0.15, 0.2) is 5.69 Å². The third-order valence-corrected chi connectivity index (χ3v) is 4.59. The molecule has 2 fully saturated rings. The van der Waals surface area contributed by atoms with Gasteiger partial charge >= 0.3 is 0 Å². The minimum atomic E-state index is -0.0595. The number of carbonyl (C=O) groups is 1. The average molecular weight is 298 g/mol. The summed E-state index contributed by atoms with van der Waals surface area (Å²) in [6.07, 6.45) is 3.47. The number of likely N-dealkylation sites (tertiary alicyclic amines) is 1. The van der Waals surface area contributed by atoms with Gasteiger partial charge in [-0.05, 0) is 19.2 Å². The van der Waals surface area contributed by atoms with E-state index in [4.69, 9.17) is 4.74 Å². The SMILES string of the molecule is CN1CCO[C@@H]2CN(C(=O)c3nccc4cccnc34)C[C@@H]21. The summed E-state index contributed by atoms with van der Waals surface area (Å²) in [6, 6.07) is 5.96. The molecule has 2 aromatic rings. The number of amides is 1. The standard InChI is InChI=1S/C16H18N4O2/c1-19-7-8-22-13-10-20(9-12(13)19)16(21)15-14-11(4-6-18-15)3-2-5-17-14/h2-6,12-13H,7-10H2,1H3/t12-,13+/m0/s1. The Balaban J connectivity index is 1.64. The summed E-state index contributed by atoms with van der Waals surface area (Å²) in [5.74, 6) is -0.0595. The first-order valence-electron chi connectivity index (χ1n) is 7.55. The Hall–Kier alpha value is -2.05. The monoisotopic (exact) mass is 298 g/mol. The summed E-state index contributed by atoms with van der Waals surface area (Å²) in [5.41, 5.74) is 1.10. The number of morpholine rings is 1. The highest BCUT2D eigenvalue weighted by atomic mass is 16.5. The van der Waals surface area contributed by atoms with Crippen LogP contribution < -0.4 is 0 Å². The van der Waals surface area contributed by atoms with E-state index in [0.717, 1.165) is 18.5 Å². The fourth-order valence-electron chi connectivity index (χ4n) is 3.33. The molecule has 6 heteroatoms. The van der Waals surface area contributed by atoms with Crippen LogP contribution in [0.1, 0.15) is 10.5 Å². The molecule has 2 saturated heterocycles. The van der Waals surface area contributed by atoms with Crippen molar-refractivity contribution in [2.24, 2.45) is 0 Å². The van der Waals surface area contributed by atoms with Gasteiger partial charge in [-0.2, -0.15) is 0 Å². The molecule has 4 rings (SSSR count). The van der Waals surface area contributed by atoms with Gasteiger partial charge in [-0.15, -0.1) is 0 Å². The van der Waals surface area contributed by atoms with E-state index in [1.54, 1.807) is 12.4 Å². The normalized spacial score (nSPS) is 25.4. The van der Waals surface area contributed by atoms with Crippen molar-refractivity contribution in [3.8, 4) is 0 Å². The van der Waals surface area contributed by atoms with Crippen LogP contribution in [0.4, 0.5) is 0 Å². The van der Waals surface area contributed by atoms with Gasteiger partial charge in [0, 0.05) is 37.4 Å². The van der Waals surface area contributed by atoms with E-state index in [1.165, 1.54) is 0 Å². The Morgan fingerprint density at radius 3 is 3.05 bits per heavy atom. The van der Waals surface area contributed by atoms with Crippen LogP contribution in [0.3, 0.4) is 0 Å². The Morgan fingerprint density at radius 2 is 2.18 bits per heavy atom. The first-order chi connectivity index (χ1) is 10.7. The molecule has 0 spiro atoms. The number of carbonyl (C=O) groups excluding carboxylic acids is 1. The predicted octanol–water partition coefficient (Wildman–Crippen LogP) is 0.785. The molecule has 0 bridgehead atoms. The van der Waals surface area contributed by atoms with Gasteiger partial charge in [0.1, 0.15) is 5.52 Å². The molecule has 0 aliphatic carbocycles. The number of nitrogens with zero attached hydrogens (tertiary/aromatic N) is 4. The number of aromatic nitrogens is 2. The van der Waals surface area contributed by atoms with Crippen LogP contribution in [0.15, 0.2) is 30.6 Å². The van der Waals surface area contributed by atoms with E-state index in [-0.39, 0.29) is 18.1 Å². The van der Waals surface area contributed by atoms with Crippen molar-refractivity contribution in [2.45, 2.75) is 12.1 Å². The third-order valence-electron chi connectivity index (χ3n) is 4.59. The quantitative estimate of drug-likeness (QED) is 0.779. The Bertz CT molecular complexity index is 715. The maximum Gasteiger partial charge on any atom is 0.274 e. The van der Waals surface area contributed by atoms with E-state index in [0.29, 0.717) is 24.3 Å². The second-order valence-corrected chi connectivity index (χ2v) is 5.90. The van der Waals surface area contributed by atoms with Crippen molar-refractivity contribution in [3.63, 3.8) is 0 Å². The fraction of sp³-hybridized carbons (Fsp3) is 0.438. The number of hydrogen-bond acceptors (Lipinski definition) is 5. The highest BCUT2D eigenvalue weighted by Crippen LogP contribution is 2.24. The average Bonchev–Trinajstić information content (AvgIpc) is 2.99. The lowest BCUT2D eigenvalue weighted by Gasteiger charge is -2.33. The van der Waals surface area contributed by atoms with Crippen LogP contribution in [0, 0.1) is 0 Å². The number of pyridine rings is 2. The van der Waals surface area contributed by atoms with Gasteiger partial charge in [0.25, 0.3) is 5.91 Å². The Kier molecular flexibility index (Phi) is 3.28. The molecule has 2 aliphatic heterocycles. The van der Waals surface area contributed by atoms with E-state index in [2.05, 4.69) is 21.9 Å². The maximum absolute atomic E-state index is 12.9.